The molecule has 1 aliphatic carbocycles. The van der Waals surface area contributed by atoms with Crippen molar-refractivity contribution in [2.24, 2.45) is 5.92 Å². The Kier molecular flexibility index (Phi) is 5.30. The predicted molar refractivity (Wildman–Crippen MR) is 82.5 cm³/mol. The monoisotopic (exact) mass is 293 g/mol. The number of nitro groups is 1. The molecule has 116 valence electrons. The standard InChI is InChI=1S/C14H23N5O2/c1-3-15-14-16-9-12(19(20)21)13(18-14)17-10(2)11-7-5-4-6-8-11/h9-11H,3-8H2,1-2H3,(H2,15,16,17,18). The highest BCUT2D eigenvalue weighted by Gasteiger charge is 2.24. The van der Waals surface area contributed by atoms with Crippen LogP contribution in [0.2, 0.25) is 0 Å². The lowest BCUT2D eigenvalue weighted by molar-refractivity contribution is -0.384. The van der Waals surface area contributed by atoms with Crippen LogP contribution in [0, 0.1) is 16.0 Å². The summed E-state index contributed by atoms with van der Waals surface area (Å²) in [4.78, 5) is 18.9. The van der Waals surface area contributed by atoms with Gasteiger partial charge in [-0.15, -0.1) is 0 Å². The molecule has 0 radical (unpaired) electrons. The predicted octanol–water partition coefficient (Wildman–Crippen LogP) is 3.20. The zero-order valence-electron chi connectivity index (χ0n) is 12.6. The van der Waals surface area contributed by atoms with Gasteiger partial charge in [0.15, 0.2) is 0 Å². The molecule has 1 atom stereocenters. The van der Waals surface area contributed by atoms with Gasteiger partial charge in [-0.05, 0) is 32.6 Å². The Balaban J connectivity index is 2.15. The van der Waals surface area contributed by atoms with Crippen LogP contribution in [0.5, 0.6) is 0 Å². The van der Waals surface area contributed by atoms with Crippen molar-refractivity contribution in [1.29, 1.82) is 0 Å². The third kappa shape index (κ3) is 4.03. The van der Waals surface area contributed by atoms with Gasteiger partial charge in [0.25, 0.3) is 0 Å². The van der Waals surface area contributed by atoms with E-state index >= 15 is 0 Å². The van der Waals surface area contributed by atoms with Gasteiger partial charge in [-0.2, -0.15) is 4.98 Å². The molecule has 2 rings (SSSR count). The summed E-state index contributed by atoms with van der Waals surface area (Å²) in [6.07, 6.45) is 7.39. The fourth-order valence-electron chi connectivity index (χ4n) is 2.83. The summed E-state index contributed by atoms with van der Waals surface area (Å²) in [5.74, 6) is 1.28. The molecule has 1 aromatic rings. The summed E-state index contributed by atoms with van der Waals surface area (Å²) < 4.78 is 0. The third-order valence-corrected chi connectivity index (χ3v) is 4.02. The fourth-order valence-corrected chi connectivity index (χ4v) is 2.83. The van der Waals surface area contributed by atoms with Gasteiger partial charge in [-0.3, -0.25) is 10.1 Å². The van der Waals surface area contributed by atoms with E-state index in [2.05, 4.69) is 27.5 Å². The molecule has 0 saturated heterocycles. The lowest BCUT2D eigenvalue weighted by Gasteiger charge is -2.28. The number of anilines is 2. The summed E-state index contributed by atoms with van der Waals surface area (Å²) in [5, 5.41) is 17.3. The Morgan fingerprint density at radius 3 is 2.76 bits per heavy atom. The average molecular weight is 293 g/mol. The van der Waals surface area contributed by atoms with Crippen molar-refractivity contribution >= 4 is 17.5 Å². The molecule has 7 heteroatoms. The van der Waals surface area contributed by atoms with Crippen molar-refractivity contribution in [3.8, 4) is 0 Å². The van der Waals surface area contributed by atoms with Crippen LogP contribution < -0.4 is 10.6 Å². The summed E-state index contributed by atoms with van der Waals surface area (Å²) in [6.45, 7) is 4.69. The second-order valence-corrected chi connectivity index (χ2v) is 5.55. The van der Waals surface area contributed by atoms with E-state index < -0.39 is 4.92 Å². The molecular weight excluding hydrogens is 270 g/mol. The summed E-state index contributed by atoms with van der Waals surface area (Å²) >= 11 is 0. The molecule has 2 N–H and O–H groups in total. The third-order valence-electron chi connectivity index (χ3n) is 4.02. The van der Waals surface area contributed by atoms with E-state index in [4.69, 9.17) is 0 Å². The molecule has 0 spiro atoms. The Bertz CT molecular complexity index is 488. The van der Waals surface area contributed by atoms with Gasteiger partial charge in [0, 0.05) is 12.6 Å². The Labute approximate surface area is 124 Å². The average Bonchev–Trinajstić information content (AvgIpc) is 2.48. The lowest BCUT2D eigenvalue weighted by Crippen LogP contribution is -2.28. The summed E-state index contributed by atoms with van der Waals surface area (Å²) in [5.41, 5.74) is -0.0701. The van der Waals surface area contributed by atoms with Gasteiger partial charge in [-0.25, -0.2) is 4.98 Å². The molecule has 1 heterocycles. The van der Waals surface area contributed by atoms with Crippen LogP contribution in [0.25, 0.3) is 0 Å². The zero-order valence-corrected chi connectivity index (χ0v) is 12.6. The molecule has 21 heavy (non-hydrogen) atoms. The van der Waals surface area contributed by atoms with Crippen LogP contribution in [-0.4, -0.2) is 27.5 Å². The molecule has 1 unspecified atom stereocenters. The van der Waals surface area contributed by atoms with E-state index in [1.807, 2.05) is 6.92 Å². The minimum Gasteiger partial charge on any atom is -0.361 e. The van der Waals surface area contributed by atoms with Crippen molar-refractivity contribution in [2.45, 2.75) is 52.0 Å². The highest BCUT2D eigenvalue weighted by atomic mass is 16.6. The van der Waals surface area contributed by atoms with Crippen LogP contribution in [0.3, 0.4) is 0 Å². The maximum Gasteiger partial charge on any atom is 0.329 e. The van der Waals surface area contributed by atoms with Crippen LogP contribution in [-0.2, 0) is 0 Å². The van der Waals surface area contributed by atoms with Gasteiger partial charge in [0.2, 0.25) is 11.8 Å². The first-order valence-electron chi connectivity index (χ1n) is 7.63. The van der Waals surface area contributed by atoms with Gasteiger partial charge in [-0.1, -0.05) is 19.3 Å². The Morgan fingerprint density at radius 2 is 2.14 bits per heavy atom. The maximum absolute atomic E-state index is 11.1. The number of nitrogens with zero attached hydrogens (tertiary/aromatic N) is 3. The maximum atomic E-state index is 11.1. The molecule has 1 fully saturated rings. The highest BCUT2D eigenvalue weighted by molar-refractivity contribution is 5.57. The number of rotatable bonds is 6. The number of aromatic nitrogens is 2. The molecule has 0 aromatic carbocycles. The van der Waals surface area contributed by atoms with Crippen LogP contribution >= 0.6 is 0 Å². The normalized spacial score (nSPS) is 17.2. The molecule has 0 aliphatic heterocycles. The van der Waals surface area contributed by atoms with Crippen LogP contribution in [0.15, 0.2) is 6.20 Å². The van der Waals surface area contributed by atoms with Crippen molar-refractivity contribution in [2.75, 3.05) is 17.2 Å². The molecule has 1 aromatic heterocycles. The smallest absolute Gasteiger partial charge is 0.329 e. The first-order chi connectivity index (χ1) is 10.1. The molecule has 1 aliphatic rings. The minimum absolute atomic E-state index is 0.0701. The Hall–Kier alpha value is -1.92. The molecule has 0 bridgehead atoms. The van der Waals surface area contributed by atoms with Crippen molar-refractivity contribution < 1.29 is 4.92 Å². The van der Waals surface area contributed by atoms with Gasteiger partial charge < -0.3 is 10.6 Å². The van der Waals surface area contributed by atoms with Crippen LogP contribution in [0.4, 0.5) is 17.5 Å². The fraction of sp³-hybridized carbons (Fsp3) is 0.714. The second-order valence-electron chi connectivity index (χ2n) is 5.55. The van der Waals surface area contributed by atoms with E-state index in [1.54, 1.807) is 0 Å². The first-order valence-corrected chi connectivity index (χ1v) is 7.63. The SMILES string of the molecule is CCNc1ncc([N+](=O)[O-])c(NC(C)C2CCCCC2)n1. The van der Waals surface area contributed by atoms with E-state index in [9.17, 15) is 10.1 Å². The molecule has 7 nitrogen and oxygen atoms in total. The van der Waals surface area contributed by atoms with E-state index in [-0.39, 0.29) is 11.7 Å². The van der Waals surface area contributed by atoms with E-state index in [1.165, 1.54) is 38.3 Å². The topological polar surface area (TPSA) is 93.0 Å². The largest absolute Gasteiger partial charge is 0.361 e. The molecule has 0 amide bonds. The quantitative estimate of drug-likeness (QED) is 0.618. The summed E-state index contributed by atoms with van der Waals surface area (Å²) in [7, 11) is 0. The number of nitrogens with one attached hydrogen (secondary N) is 2. The summed E-state index contributed by atoms with van der Waals surface area (Å²) in [6, 6.07) is 0.174. The van der Waals surface area contributed by atoms with Gasteiger partial charge in [0.1, 0.15) is 6.20 Å². The number of hydrogen-bond acceptors (Lipinski definition) is 6. The van der Waals surface area contributed by atoms with Crippen molar-refractivity contribution in [3.63, 3.8) is 0 Å². The highest BCUT2D eigenvalue weighted by Crippen LogP contribution is 2.30. The zero-order chi connectivity index (χ0) is 15.2. The van der Waals surface area contributed by atoms with E-state index in [0.717, 1.165) is 0 Å². The lowest BCUT2D eigenvalue weighted by atomic mass is 9.84. The number of hydrogen-bond donors (Lipinski definition) is 2. The molecule has 1 saturated carbocycles. The van der Waals surface area contributed by atoms with Crippen molar-refractivity contribution in [1.82, 2.24) is 9.97 Å². The minimum atomic E-state index is -0.439. The van der Waals surface area contributed by atoms with Gasteiger partial charge >= 0.3 is 5.69 Å². The van der Waals surface area contributed by atoms with Gasteiger partial charge in [0.05, 0.1) is 4.92 Å². The molecular formula is C14H23N5O2. The van der Waals surface area contributed by atoms with Crippen LogP contribution in [0.1, 0.15) is 46.0 Å². The Morgan fingerprint density at radius 1 is 1.43 bits per heavy atom. The van der Waals surface area contributed by atoms with E-state index in [0.29, 0.717) is 24.2 Å². The first kappa shape index (κ1) is 15.5. The second kappa shape index (κ2) is 7.19. The van der Waals surface area contributed by atoms with Crippen molar-refractivity contribution in [3.05, 3.63) is 16.3 Å².